The number of aliphatic hydroxyl groups excluding tert-OH is 2. The fraction of sp³-hybridized carbons (Fsp3) is 0.458. The van der Waals surface area contributed by atoms with Crippen molar-refractivity contribution in [3.05, 3.63) is 58.9 Å². The molecule has 0 saturated carbocycles. The predicted octanol–water partition coefficient (Wildman–Crippen LogP) is 3.13. The van der Waals surface area contributed by atoms with Crippen molar-refractivity contribution >= 4 is 17.4 Å². The lowest BCUT2D eigenvalue weighted by Crippen LogP contribution is -2.58. The summed E-state index contributed by atoms with van der Waals surface area (Å²) in [5.74, 6) is -1.93. The highest BCUT2D eigenvalue weighted by molar-refractivity contribution is 5.74. The van der Waals surface area contributed by atoms with E-state index in [1.165, 1.54) is 18.2 Å². The summed E-state index contributed by atoms with van der Waals surface area (Å²) < 4.78 is 41.7. The summed E-state index contributed by atoms with van der Waals surface area (Å²) in [5.41, 5.74) is 1.19. The number of anilines is 2. The number of nitrogens with one attached hydrogen (secondary N) is 2. The van der Waals surface area contributed by atoms with Gasteiger partial charge in [0.2, 0.25) is 0 Å². The van der Waals surface area contributed by atoms with E-state index in [-0.39, 0.29) is 48.3 Å². The molecule has 2 heterocycles. The number of hydrogen-bond acceptors (Lipinski definition) is 5. The van der Waals surface area contributed by atoms with Crippen LogP contribution in [0, 0.1) is 17.5 Å². The molecule has 2 aliphatic heterocycles. The molecule has 2 aromatic rings. The van der Waals surface area contributed by atoms with Crippen LogP contribution in [0.4, 0.5) is 29.3 Å². The Hall–Kier alpha value is -2.98. The van der Waals surface area contributed by atoms with E-state index < -0.39 is 17.7 Å². The van der Waals surface area contributed by atoms with E-state index in [1.54, 1.807) is 11.0 Å². The van der Waals surface area contributed by atoms with Gasteiger partial charge in [-0.3, -0.25) is 0 Å². The lowest BCUT2D eigenvalue weighted by Gasteiger charge is -2.52. The SMILES string of the molecule is CN1c2ccc(F)cc2C(O)CC12CCN(C(=O)NCc1cc(NCCO)c(F)cc1F)CC2. The first-order valence-corrected chi connectivity index (χ1v) is 11.3. The summed E-state index contributed by atoms with van der Waals surface area (Å²) in [7, 11) is 1.93. The summed E-state index contributed by atoms with van der Waals surface area (Å²) in [6.07, 6.45) is 0.896. The molecule has 0 bridgehead atoms. The number of carbonyl (C=O) groups excluding carboxylic acids is 1. The number of fused-ring (bicyclic) bond motifs is 1. The highest BCUT2D eigenvalue weighted by atomic mass is 19.1. The molecule has 2 aromatic carbocycles. The minimum atomic E-state index is -0.780. The number of amides is 2. The molecule has 0 radical (unpaired) electrons. The van der Waals surface area contributed by atoms with Crippen molar-refractivity contribution < 1.29 is 28.2 Å². The molecule has 10 heteroatoms. The summed E-state index contributed by atoms with van der Waals surface area (Å²) >= 11 is 0. The molecule has 0 aromatic heterocycles. The predicted molar refractivity (Wildman–Crippen MR) is 122 cm³/mol. The fourth-order valence-corrected chi connectivity index (χ4v) is 4.96. The number of nitrogens with zero attached hydrogens (tertiary/aromatic N) is 2. The van der Waals surface area contributed by atoms with Crippen LogP contribution in [-0.4, -0.2) is 60.0 Å². The maximum atomic E-state index is 14.2. The van der Waals surface area contributed by atoms with Crippen LogP contribution in [0.2, 0.25) is 0 Å². The van der Waals surface area contributed by atoms with Crippen molar-refractivity contribution in [1.29, 1.82) is 0 Å². The Balaban J connectivity index is 1.38. The molecular formula is C24H29F3N4O3. The highest BCUT2D eigenvalue weighted by Gasteiger charge is 2.45. The van der Waals surface area contributed by atoms with Crippen molar-refractivity contribution in [1.82, 2.24) is 10.2 Å². The van der Waals surface area contributed by atoms with E-state index in [0.29, 0.717) is 37.9 Å². The van der Waals surface area contributed by atoms with Gasteiger partial charge in [-0.1, -0.05) is 0 Å². The van der Waals surface area contributed by atoms with Crippen LogP contribution in [0.1, 0.15) is 36.5 Å². The quantitative estimate of drug-likeness (QED) is 0.531. The van der Waals surface area contributed by atoms with Crippen LogP contribution in [0.25, 0.3) is 0 Å². The van der Waals surface area contributed by atoms with E-state index in [1.807, 2.05) is 7.05 Å². The Morgan fingerprint density at radius 3 is 2.59 bits per heavy atom. The van der Waals surface area contributed by atoms with Gasteiger partial charge in [-0.05, 0) is 37.1 Å². The summed E-state index contributed by atoms with van der Waals surface area (Å²) in [6.45, 7) is 0.682. The Bertz CT molecular complexity index is 1060. The summed E-state index contributed by atoms with van der Waals surface area (Å²) in [6, 6.07) is 6.10. The third-order valence-electron chi connectivity index (χ3n) is 6.97. The molecule has 1 spiro atoms. The van der Waals surface area contributed by atoms with Gasteiger partial charge in [-0.25, -0.2) is 18.0 Å². The van der Waals surface area contributed by atoms with Gasteiger partial charge in [-0.2, -0.15) is 0 Å². The number of urea groups is 1. The fourth-order valence-electron chi connectivity index (χ4n) is 4.96. The zero-order valence-electron chi connectivity index (χ0n) is 19.0. The standard InChI is InChI=1S/C24H29F3N4O3/c1-30-21-3-2-16(25)11-17(21)22(33)13-24(30)4-7-31(8-5-24)23(34)29-14-15-10-20(28-6-9-32)19(27)12-18(15)26/h2-3,10-12,22,28,32-33H,4-9,13-14H2,1H3,(H,29,34). The summed E-state index contributed by atoms with van der Waals surface area (Å²) in [4.78, 5) is 16.4. The number of rotatable bonds is 5. The average Bonchev–Trinajstić information content (AvgIpc) is 2.82. The van der Waals surface area contributed by atoms with E-state index in [9.17, 15) is 23.1 Å². The number of likely N-dealkylation sites (tertiary alicyclic amines) is 1. The largest absolute Gasteiger partial charge is 0.395 e. The van der Waals surface area contributed by atoms with Gasteiger partial charge in [0.15, 0.2) is 0 Å². The Labute approximate surface area is 196 Å². The van der Waals surface area contributed by atoms with E-state index in [2.05, 4.69) is 15.5 Å². The monoisotopic (exact) mass is 478 g/mol. The molecule has 1 unspecified atom stereocenters. The van der Waals surface area contributed by atoms with Crippen LogP contribution in [0.5, 0.6) is 0 Å². The second-order valence-electron chi connectivity index (χ2n) is 8.93. The number of benzene rings is 2. The molecular weight excluding hydrogens is 449 g/mol. The smallest absolute Gasteiger partial charge is 0.317 e. The number of aliphatic hydroxyl groups is 2. The van der Waals surface area contributed by atoms with Crippen molar-refractivity contribution in [2.45, 2.75) is 37.5 Å². The van der Waals surface area contributed by atoms with Gasteiger partial charge < -0.3 is 30.6 Å². The Kier molecular flexibility index (Phi) is 6.90. The normalized spacial score (nSPS) is 19.2. The molecule has 2 aliphatic rings. The molecule has 4 rings (SSSR count). The number of hydrogen-bond donors (Lipinski definition) is 4. The number of piperidine rings is 1. The second-order valence-corrected chi connectivity index (χ2v) is 8.93. The first-order chi connectivity index (χ1) is 16.2. The Morgan fingerprint density at radius 2 is 1.88 bits per heavy atom. The van der Waals surface area contributed by atoms with Crippen molar-refractivity contribution in [3.8, 4) is 0 Å². The van der Waals surface area contributed by atoms with Crippen LogP contribution in [0.3, 0.4) is 0 Å². The molecule has 7 nitrogen and oxygen atoms in total. The maximum absolute atomic E-state index is 14.2. The van der Waals surface area contributed by atoms with Crippen molar-refractivity contribution in [2.24, 2.45) is 0 Å². The molecule has 184 valence electrons. The van der Waals surface area contributed by atoms with Gasteiger partial charge in [0.05, 0.1) is 18.4 Å². The van der Waals surface area contributed by atoms with Gasteiger partial charge >= 0.3 is 6.03 Å². The number of carbonyl (C=O) groups is 1. The molecule has 4 N–H and O–H groups in total. The van der Waals surface area contributed by atoms with E-state index in [4.69, 9.17) is 5.11 Å². The van der Waals surface area contributed by atoms with Gasteiger partial charge in [0, 0.05) is 68.1 Å². The average molecular weight is 479 g/mol. The topological polar surface area (TPSA) is 88.1 Å². The van der Waals surface area contributed by atoms with Gasteiger partial charge in [-0.15, -0.1) is 0 Å². The molecule has 1 fully saturated rings. The van der Waals surface area contributed by atoms with Crippen molar-refractivity contribution in [2.75, 3.05) is 43.5 Å². The van der Waals surface area contributed by atoms with Crippen LogP contribution < -0.4 is 15.5 Å². The van der Waals surface area contributed by atoms with Crippen LogP contribution in [0.15, 0.2) is 30.3 Å². The first-order valence-electron chi connectivity index (χ1n) is 11.3. The zero-order valence-corrected chi connectivity index (χ0v) is 19.0. The highest BCUT2D eigenvalue weighted by Crippen LogP contribution is 2.46. The minimum absolute atomic E-state index is 0.0543. The lowest BCUT2D eigenvalue weighted by atomic mass is 9.76. The number of halogens is 3. The summed E-state index contributed by atoms with van der Waals surface area (Å²) in [5, 5.41) is 24.9. The van der Waals surface area contributed by atoms with E-state index in [0.717, 1.165) is 11.8 Å². The molecule has 1 saturated heterocycles. The molecule has 34 heavy (non-hydrogen) atoms. The molecule has 1 atom stereocenters. The third-order valence-corrected chi connectivity index (χ3v) is 6.97. The second kappa shape index (κ2) is 9.71. The maximum Gasteiger partial charge on any atom is 0.317 e. The van der Waals surface area contributed by atoms with Crippen molar-refractivity contribution in [3.63, 3.8) is 0 Å². The molecule has 2 amide bonds. The molecule has 0 aliphatic carbocycles. The third kappa shape index (κ3) is 4.65. The Morgan fingerprint density at radius 1 is 1.15 bits per heavy atom. The first kappa shape index (κ1) is 24.2. The van der Waals surface area contributed by atoms with Crippen LogP contribution >= 0.6 is 0 Å². The zero-order chi connectivity index (χ0) is 24.5. The van der Waals surface area contributed by atoms with Crippen LogP contribution in [-0.2, 0) is 6.54 Å². The lowest BCUT2D eigenvalue weighted by molar-refractivity contribution is 0.0852. The van der Waals surface area contributed by atoms with E-state index >= 15 is 0 Å². The van der Waals surface area contributed by atoms with Gasteiger partial charge in [0.25, 0.3) is 0 Å². The minimum Gasteiger partial charge on any atom is -0.395 e. The van der Waals surface area contributed by atoms with Gasteiger partial charge in [0.1, 0.15) is 17.5 Å².